The Morgan fingerprint density at radius 2 is 1.52 bits per heavy atom. The molecule has 0 unspecified atom stereocenters. The molecule has 2 rings (SSSR count). The highest BCUT2D eigenvalue weighted by Crippen LogP contribution is 2.29. The van der Waals surface area contributed by atoms with Crippen LogP contribution in [0.3, 0.4) is 0 Å². The number of methoxy groups -OCH3 is 3. The number of carbonyl (C=O) groups excluding carboxylic acids is 2. The lowest BCUT2D eigenvalue weighted by Crippen LogP contribution is -2.29. The van der Waals surface area contributed by atoms with Crippen molar-refractivity contribution in [1.29, 1.82) is 0 Å². The monoisotopic (exact) mass is 372 g/mol. The number of carbonyl (C=O) groups is 2. The Kier molecular flexibility index (Phi) is 7.49. The van der Waals surface area contributed by atoms with Gasteiger partial charge in [-0.25, -0.2) is 0 Å². The predicted octanol–water partition coefficient (Wildman–Crippen LogP) is 2.40. The van der Waals surface area contributed by atoms with E-state index < -0.39 is 5.91 Å². The lowest BCUT2D eigenvalue weighted by Gasteiger charge is -2.11. The van der Waals surface area contributed by atoms with Gasteiger partial charge in [0, 0.05) is 12.6 Å². The number of hydrogen-bond donors (Lipinski definition) is 2. The van der Waals surface area contributed by atoms with Crippen LogP contribution in [0.5, 0.6) is 17.2 Å². The SMILES string of the molecule is COc1ccc(CCNC(=O)CC(=O)Nc2ccc(OC)cc2OC)cc1. The van der Waals surface area contributed by atoms with Gasteiger partial charge in [0.2, 0.25) is 11.8 Å². The molecule has 0 heterocycles. The summed E-state index contributed by atoms with van der Waals surface area (Å²) in [6, 6.07) is 12.6. The van der Waals surface area contributed by atoms with E-state index in [4.69, 9.17) is 14.2 Å². The summed E-state index contributed by atoms with van der Waals surface area (Å²) in [5.41, 5.74) is 1.55. The molecule has 0 atom stereocenters. The maximum atomic E-state index is 12.1. The second-order valence-electron chi connectivity index (χ2n) is 5.74. The van der Waals surface area contributed by atoms with Crippen LogP contribution in [0, 0.1) is 0 Å². The van der Waals surface area contributed by atoms with E-state index in [1.807, 2.05) is 24.3 Å². The highest BCUT2D eigenvalue weighted by atomic mass is 16.5. The maximum Gasteiger partial charge on any atom is 0.233 e. The van der Waals surface area contributed by atoms with E-state index in [0.29, 0.717) is 30.2 Å². The number of hydrogen-bond acceptors (Lipinski definition) is 5. The van der Waals surface area contributed by atoms with Gasteiger partial charge >= 0.3 is 0 Å². The van der Waals surface area contributed by atoms with Gasteiger partial charge in [-0.3, -0.25) is 9.59 Å². The van der Waals surface area contributed by atoms with E-state index in [9.17, 15) is 9.59 Å². The Morgan fingerprint density at radius 3 is 2.15 bits per heavy atom. The summed E-state index contributed by atoms with van der Waals surface area (Å²) in [6.45, 7) is 0.449. The minimum atomic E-state index is -0.416. The van der Waals surface area contributed by atoms with Crippen molar-refractivity contribution in [3.05, 3.63) is 48.0 Å². The zero-order chi connectivity index (χ0) is 19.6. The molecule has 2 N–H and O–H groups in total. The van der Waals surface area contributed by atoms with Crippen LogP contribution in [0.25, 0.3) is 0 Å². The summed E-state index contributed by atoms with van der Waals surface area (Å²) in [7, 11) is 4.65. The Morgan fingerprint density at radius 1 is 0.852 bits per heavy atom. The quantitative estimate of drug-likeness (QED) is 0.660. The highest BCUT2D eigenvalue weighted by Gasteiger charge is 2.12. The van der Waals surface area contributed by atoms with E-state index in [-0.39, 0.29) is 12.3 Å². The molecule has 0 radical (unpaired) electrons. The number of nitrogens with one attached hydrogen (secondary N) is 2. The molecule has 0 saturated heterocycles. The van der Waals surface area contributed by atoms with Crippen LogP contribution >= 0.6 is 0 Å². The fourth-order valence-electron chi connectivity index (χ4n) is 2.44. The molecule has 27 heavy (non-hydrogen) atoms. The third kappa shape index (κ3) is 6.22. The topological polar surface area (TPSA) is 85.9 Å². The molecule has 0 aliphatic heterocycles. The molecule has 7 heteroatoms. The summed E-state index contributed by atoms with van der Waals surface area (Å²) in [4.78, 5) is 24.0. The Labute approximate surface area is 158 Å². The van der Waals surface area contributed by atoms with E-state index in [0.717, 1.165) is 11.3 Å². The van der Waals surface area contributed by atoms with Crippen LogP contribution < -0.4 is 24.8 Å². The smallest absolute Gasteiger partial charge is 0.233 e. The standard InChI is InChI=1S/C20H24N2O5/c1-25-15-6-4-14(5-7-15)10-11-21-19(23)13-20(24)22-17-9-8-16(26-2)12-18(17)27-3/h4-9,12H,10-11,13H2,1-3H3,(H,21,23)(H,22,24). The first-order valence-electron chi connectivity index (χ1n) is 8.47. The van der Waals surface area contributed by atoms with Gasteiger partial charge in [-0.1, -0.05) is 12.1 Å². The van der Waals surface area contributed by atoms with Gasteiger partial charge in [0.1, 0.15) is 23.7 Å². The summed E-state index contributed by atoms with van der Waals surface area (Å²) in [6.07, 6.45) is 0.404. The molecule has 144 valence electrons. The van der Waals surface area contributed by atoms with Crippen molar-refractivity contribution in [3.8, 4) is 17.2 Å². The zero-order valence-electron chi connectivity index (χ0n) is 15.7. The van der Waals surface area contributed by atoms with Gasteiger partial charge in [-0.05, 0) is 36.2 Å². The van der Waals surface area contributed by atoms with E-state index in [1.54, 1.807) is 32.4 Å². The van der Waals surface area contributed by atoms with Gasteiger partial charge in [-0.2, -0.15) is 0 Å². The predicted molar refractivity (Wildman–Crippen MR) is 103 cm³/mol. The molecule has 0 aliphatic rings. The van der Waals surface area contributed by atoms with Gasteiger partial charge in [-0.15, -0.1) is 0 Å². The third-order valence-electron chi connectivity index (χ3n) is 3.90. The fourth-order valence-corrected chi connectivity index (χ4v) is 2.44. The molecule has 7 nitrogen and oxygen atoms in total. The van der Waals surface area contributed by atoms with Crippen molar-refractivity contribution >= 4 is 17.5 Å². The van der Waals surface area contributed by atoms with Crippen LogP contribution in [-0.2, 0) is 16.0 Å². The number of anilines is 1. The summed E-state index contributed by atoms with van der Waals surface area (Å²) >= 11 is 0. The first kappa shape index (κ1) is 20.1. The van der Waals surface area contributed by atoms with Crippen LogP contribution in [0.1, 0.15) is 12.0 Å². The second kappa shape index (κ2) is 10.1. The zero-order valence-corrected chi connectivity index (χ0v) is 15.7. The van der Waals surface area contributed by atoms with E-state index >= 15 is 0 Å². The Balaban J connectivity index is 1.79. The van der Waals surface area contributed by atoms with Crippen LogP contribution in [-0.4, -0.2) is 39.7 Å². The molecule has 0 saturated carbocycles. The molecule has 0 spiro atoms. The van der Waals surface area contributed by atoms with Gasteiger partial charge in [0.25, 0.3) is 0 Å². The van der Waals surface area contributed by atoms with Gasteiger partial charge in [0.05, 0.1) is 27.0 Å². The minimum absolute atomic E-state index is 0.266. The molecule has 0 fully saturated rings. The van der Waals surface area contributed by atoms with Crippen molar-refractivity contribution in [1.82, 2.24) is 5.32 Å². The van der Waals surface area contributed by atoms with Crippen molar-refractivity contribution in [2.45, 2.75) is 12.8 Å². The molecule has 2 aromatic rings. The fraction of sp³-hybridized carbons (Fsp3) is 0.300. The molecule has 0 bridgehead atoms. The number of ether oxygens (including phenoxy) is 3. The third-order valence-corrected chi connectivity index (χ3v) is 3.90. The molecular formula is C20H24N2O5. The number of benzene rings is 2. The Bertz CT molecular complexity index is 774. The Hall–Kier alpha value is -3.22. The first-order valence-corrected chi connectivity index (χ1v) is 8.47. The van der Waals surface area contributed by atoms with E-state index in [1.165, 1.54) is 7.11 Å². The van der Waals surface area contributed by atoms with Crippen LogP contribution in [0.2, 0.25) is 0 Å². The van der Waals surface area contributed by atoms with Crippen molar-refractivity contribution in [3.63, 3.8) is 0 Å². The average Bonchev–Trinajstić information content (AvgIpc) is 2.68. The molecule has 0 aromatic heterocycles. The minimum Gasteiger partial charge on any atom is -0.497 e. The average molecular weight is 372 g/mol. The maximum absolute atomic E-state index is 12.1. The summed E-state index contributed by atoms with van der Waals surface area (Å²) < 4.78 is 15.4. The summed E-state index contributed by atoms with van der Waals surface area (Å²) in [5, 5.41) is 5.41. The molecule has 2 amide bonds. The van der Waals surface area contributed by atoms with Crippen molar-refractivity contribution in [2.24, 2.45) is 0 Å². The molecule has 0 aliphatic carbocycles. The van der Waals surface area contributed by atoms with Crippen LogP contribution in [0.15, 0.2) is 42.5 Å². The lowest BCUT2D eigenvalue weighted by molar-refractivity contribution is -0.126. The number of amides is 2. The highest BCUT2D eigenvalue weighted by molar-refractivity contribution is 6.04. The van der Waals surface area contributed by atoms with Gasteiger partial charge < -0.3 is 24.8 Å². The van der Waals surface area contributed by atoms with Crippen molar-refractivity contribution in [2.75, 3.05) is 33.2 Å². The van der Waals surface area contributed by atoms with E-state index in [2.05, 4.69) is 10.6 Å². The summed E-state index contributed by atoms with van der Waals surface area (Å²) in [5.74, 6) is 1.10. The molecule has 2 aromatic carbocycles. The first-order chi connectivity index (χ1) is 13.0. The number of rotatable bonds is 9. The largest absolute Gasteiger partial charge is 0.497 e. The lowest BCUT2D eigenvalue weighted by atomic mass is 10.1. The van der Waals surface area contributed by atoms with Crippen molar-refractivity contribution < 1.29 is 23.8 Å². The normalized spacial score (nSPS) is 10.0. The molecular weight excluding hydrogens is 348 g/mol. The van der Waals surface area contributed by atoms with Crippen LogP contribution in [0.4, 0.5) is 5.69 Å². The van der Waals surface area contributed by atoms with Gasteiger partial charge in [0.15, 0.2) is 0 Å². The second-order valence-corrected chi connectivity index (χ2v) is 5.74.